The highest BCUT2D eigenvalue weighted by Crippen LogP contribution is 2.36. The molecule has 6 nitrogen and oxygen atoms in total. The Morgan fingerprint density at radius 2 is 1.83 bits per heavy atom. The minimum atomic E-state index is -4.66. The molecular formula is C12H11ClF3N4O2P. The van der Waals surface area contributed by atoms with Crippen molar-refractivity contribution in [2.45, 2.75) is 6.18 Å². The third kappa shape index (κ3) is 3.79. The van der Waals surface area contributed by atoms with Crippen LogP contribution in [-0.2, 0) is 10.7 Å². The number of rotatable bonds is 3. The van der Waals surface area contributed by atoms with Crippen molar-refractivity contribution in [2.75, 3.05) is 20.4 Å². The zero-order valence-electron chi connectivity index (χ0n) is 12.2. The zero-order valence-corrected chi connectivity index (χ0v) is 13.9. The molecule has 23 heavy (non-hydrogen) atoms. The Balaban J connectivity index is 2.55. The van der Waals surface area contributed by atoms with Crippen LogP contribution in [0, 0.1) is 0 Å². The Kier molecular flexibility index (Phi) is 4.64. The van der Waals surface area contributed by atoms with E-state index in [0.29, 0.717) is 6.20 Å². The molecule has 11 heteroatoms. The summed E-state index contributed by atoms with van der Waals surface area (Å²) in [6.45, 7) is 3.00. The maximum absolute atomic E-state index is 12.7. The number of methoxy groups -OCH3 is 1. The fraction of sp³-hybridized carbons (Fsp3) is 0.333. The topological polar surface area (TPSA) is 77.9 Å². The second-order valence-corrected chi connectivity index (χ2v) is 8.35. The average molecular weight is 367 g/mol. The fourth-order valence-corrected chi connectivity index (χ4v) is 2.49. The van der Waals surface area contributed by atoms with E-state index in [4.69, 9.17) is 16.3 Å². The van der Waals surface area contributed by atoms with Crippen molar-refractivity contribution < 1.29 is 22.5 Å². The van der Waals surface area contributed by atoms with Crippen LogP contribution in [0.5, 0.6) is 5.88 Å². The fourth-order valence-electron chi connectivity index (χ4n) is 1.58. The molecule has 2 rings (SSSR count). The summed E-state index contributed by atoms with van der Waals surface area (Å²) >= 11 is 5.56. The first-order valence-corrected chi connectivity index (χ1v) is 9.08. The van der Waals surface area contributed by atoms with Crippen LogP contribution in [0.4, 0.5) is 13.2 Å². The Morgan fingerprint density at radius 3 is 2.30 bits per heavy atom. The van der Waals surface area contributed by atoms with Crippen molar-refractivity contribution in [2.24, 2.45) is 0 Å². The SMILES string of the molecule is COc1nc(P(C)(C)=O)cnc1-c1ncc(C(F)(F)F)c(Cl)n1. The van der Waals surface area contributed by atoms with Crippen molar-refractivity contribution >= 4 is 24.2 Å². The summed E-state index contributed by atoms with van der Waals surface area (Å²) in [5.41, 5.74) is -0.936. The highest BCUT2D eigenvalue weighted by Gasteiger charge is 2.35. The number of halogens is 4. The largest absolute Gasteiger partial charge is 0.479 e. The van der Waals surface area contributed by atoms with Gasteiger partial charge < -0.3 is 9.30 Å². The molecule has 0 N–H and O–H groups in total. The number of hydrogen-bond donors (Lipinski definition) is 0. The molecule has 0 bridgehead atoms. The van der Waals surface area contributed by atoms with E-state index in [0.717, 1.165) is 0 Å². The van der Waals surface area contributed by atoms with Crippen LogP contribution < -0.4 is 10.2 Å². The van der Waals surface area contributed by atoms with Crippen molar-refractivity contribution in [3.8, 4) is 17.4 Å². The van der Waals surface area contributed by atoms with Gasteiger partial charge in [-0.3, -0.25) is 0 Å². The first kappa shape index (κ1) is 17.6. The van der Waals surface area contributed by atoms with Gasteiger partial charge in [0.05, 0.1) is 13.3 Å². The van der Waals surface area contributed by atoms with Gasteiger partial charge in [0, 0.05) is 6.20 Å². The molecule has 0 saturated heterocycles. The summed E-state index contributed by atoms with van der Waals surface area (Å²) in [5.74, 6) is -0.233. The highest BCUT2D eigenvalue weighted by atomic mass is 35.5. The molecule has 0 spiro atoms. The summed E-state index contributed by atoms with van der Waals surface area (Å²) in [7, 11) is -1.39. The summed E-state index contributed by atoms with van der Waals surface area (Å²) in [6, 6.07) is 0. The quantitative estimate of drug-likeness (QED) is 0.614. The minimum Gasteiger partial charge on any atom is -0.479 e. The Hall–Kier alpha value is -1.73. The average Bonchev–Trinajstić information content (AvgIpc) is 2.44. The van der Waals surface area contributed by atoms with Crippen molar-refractivity contribution in [1.29, 1.82) is 0 Å². The van der Waals surface area contributed by atoms with E-state index in [9.17, 15) is 17.7 Å². The molecule has 2 aromatic heterocycles. The molecule has 0 atom stereocenters. The van der Waals surface area contributed by atoms with Crippen LogP contribution in [-0.4, -0.2) is 40.4 Å². The number of hydrogen-bond acceptors (Lipinski definition) is 6. The predicted molar refractivity (Wildman–Crippen MR) is 78.7 cm³/mol. The molecule has 0 amide bonds. The first-order chi connectivity index (χ1) is 10.5. The standard InChI is InChI=1S/C12H11ClF3N4O2P/c1-22-11-8(17-5-7(19-11)23(2,3)21)10-18-4-6(9(13)20-10)12(14,15)16/h4-5H,1-3H3. The maximum atomic E-state index is 12.7. The molecule has 0 unspecified atom stereocenters. The van der Waals surface area contributed by atoms with Gasteiger partial charge in [0.1, 0.15) is 23.3 Å². The van der Waals surface area contributed by atoms with Crippen LogP contribution in [0.25, 0.3) is 11.5 Å². The Labute approximate surface area is 134 Å². The summed E-state index contributed by atoms with van der Waals surface area (Å²) in [5, 5.41) is -0.757. The van der Waals surface area contributed by atoms with Gasteiger partial charge in [0.25, 0.3) is 0 Å². The number of alkyl halides is 3. The minimum absolute atomic E-state index is 0.000300. The summed E-state index contributed by atoms with van der Waals surface area (Å²) in [6.07, 6.45) is -2.86. The van der Waals surface area contributed by atoms with Gasteiger partial charge in [-0.1, -0.05) is 11.6 Å². The van der Waals surface area contributed by atoms with Gasteiger partial charge in [-0.25, -0.2) is 19.9 Å². The van der Waals surface area contributed by atoms with E-state index in [1.54, 1.807) is 0 Å². The molecule has 124 valence electrons. The number of nitrogens with zero attached hydrogens (tertiary/aromatic N) is 4. The first-order valence-electron chi connectivity index (χ1n) is 6.10. The van der Waals surface area contributed by atoms with Crippen LogP contribution >= 0.6 is 18.7 Å². The van der Waals surface area contributed by atoms with E-state index < -0.39 is 24.0 Å². The van der Waals surface area contributed by atoms with Gasteiger partial charge in [-0.15, -0.1) is 0 Å². The van der Waals surface area contributed by atoms with Crippen LogP contribution in [0.3, 0.4) is 0 Å². The van der Waals surface area contributed by atoms with E-state index in [1.807, 2.05) is 0 Å². The van der Waals surface area contributed by atoms with Crippen molar-refractivity contribution in [3.05, 3.63) is 23.1 Å². The summed E-state index contributed by atoms with van der Waals surface area (Å²) in [4.78, 5) is 15.2. The van der Waals surface area contributed by atoms with Gasteiger partial charge in [-0.2, -0.15) is 13.2 Å². The lowest BCUT2D eigenvalue weighted by atomic mass is 10.3. The van der Waals surface area contributed by atoms with Gasteiger partial charge in [0.15, 0.2) is 11.5 Å². The van der Waals surface area contributed by atoms with E-state index in [1.165, 1.54) is 26.6 Å². The second-order valence-electron chi connectivity index (χ2n) is 4.83. The van der Waals surface area contributed by atoms with E-state index in [-0.39, 0.29) is 22.8 Å². The molecular weight excluding hydrogens is 356 g/mol. The molecule has 0 aromatic carbocycles. The molecule has 0 fully saturated rings. The molecule has 0 aliphatic carbocycles. The summed E-state index contributed by atoms with van der Waals surface area (Å²) < 4.78 is 55.0. The van der Waals surface area contributed by atoms with Crippen LogP contribution in [0.1, 0.15) is 5.56 Å². The lowest BCUT2D eigenvalue weighted by Crippen LogP contribution is -2.13. The third-order valence-electron chi connectivity index (χ3n) is 2.73. The molecule has 0 aliphatic rings. The highest BCUT2D eigenvalue weighted by molar-refractivity contribution is 7.69. The Bertz CT molecular complexity index is 794. The number of aromatic nitrogens is 4. The van der Waals surface area contributed by atoms with E-state index >= 15 is 0 Å². The lowest BCUT2D eigenvalue weighted by molar-refractivity contribution is -0.137. The molecule has 2 aromatic rings. The molecule has 2 heterocycles. The zero-order chi connectivity index (χ0) is 17.4. The monoisotopic (exact) mass is 366 g/mol. The Morgan fingerprint density at radius 1 is 1.17 bits per heavy atom. The lowest BCUT2D eigenvalue weighted by Gasteiger charge is -2.11. The van der Waals surface area contributed by atoms with Gasteiger partial charge >= 0.3 is 6.18 Å². The van der Waals surface area contributed by atoms with E-state index in [2.05, 4.69) is 19.9 Å². The third-order valence-corrected chi connectivity index (χ3v) is 4.34. The van der Waals surface area contributed by atoms with Crippen molar-refractivity contribution in [1.82, 2.24) is 19.9 Å². The smallest absolute Gasteiger partial charge is 0.420 e. The maximum Gasteiger partial charge on any atom is 0.420 e. The second kappa shape index (κ2) is 6.05. The predicted octanol–water partition coefficient (Wildman–Crippen LogP) is 2.86. The van der Waals surface area contributed by atoms with Crippen LogP contribution in [0.2, 0.25) is 5.15 Å². The van der Waals surface area contributed by atoms with Gasteiger partial charge in [-0.05, 0) is 13.3 Å². The van der Waals surface area contributed by atoms with Crippen LogP contribution in [0.15, 0.2) is 12.4 Å². The van der Waals surface area contributed by atoms with Gasteiger partial charge in [0.2, 0.25) is 5.88 Å². The molecule has 0 radical (unpaired) electrons. The normalized spacial score (nSPS) is 12.3. The molecule has 0 saturated carbocycles. The van der Waals surface area contributed by atoms with Crippen molar-refractivity contribution in [3.63, 3.8) is 0 Å². The number of ether oxygens (including phenoxy) is 1. The molecule has 0 aliphatic heterocycles.